The van der Waals surface area contributed by atoms with E-state index in [1.165, 1.54) is 30.2 Å². The predicted molar refractivity (Wildman–Crippen MR) is 126 cm³/mol. The van der Waals surface area contributed by atoms with Crippen molar-refractivity contribution in [3.63, 3.8) is 0 Å². The van der Waals surface area contributed by atoms with Crippen molar-refractivity contribution < 1.29 is 19.1 Å². The van der Waals surface area contributed by atoms with E-state index in [9.17, 15) is 9.59 Å². The van der Waals surface area contributed by atoms with Gasteiger partial charge in [0, 0.05) is 11.9 Å². The van der Waals surface area contributed by atoms with Crippen molar-refractivity contribution in [3.05, 3.63) is 51.2 Å². The molecule has 0 aliphatic heterocycles. The Hall–Kier alpha value is -2.85. The number of rotatable bonds is 8. The predicted octanol–water partition coefficient (Wildman–Crippen LogP) is 4.21. The molecule has 0 atom stereocenters. The lowest BCUT2D eigenvalue weighted by Crippen LogP contribution is -2.16. The van der Waals surface area contributed by atoms with Crippen molar-refractivity contribution in [3.8, 4) is 5.75 Å². The van der Waals surface area contributed by atoms with Gasteiger partial charge in [-0.3, -0.25) is 4.79 Å². The minimum atomic E-state index is -0.461. The smallest absolute Gasteiger partial charge is 0.341 e. The van der Waals surface area contributed by atoms with Crippen LogP contribution in [0.1, 0.15) is 37.7 Å². The first-order valence-electron chi connectivity index (χ1n) is 9.91. The number of carbonyl (C=O) groups is 2. The summed E-state index contributed by atoms with van der Waals surface area (Å²) in [4.78, 5) is 25.5. The van der Waals surface area contributed by atoms with Gasteiger partial charge in [-0.1, -0.05) is 23.9 Å². The van der Waals surface area contributed by atoms with Crippen LogP contribution in [0.3, 0.4) is 0 Å². The number of anilines is 1. The van der Waals surface area contributed by atoms with E-state index in [0.717, 1.165) is 27.3 Å². The van der Waals surface area contributed by atoms with Crippen molar-refractivity contribution >= 4 is 40.0 Å². The second-order valence-corrected chi connectivity index (χ2v) is 9.43. The third kappa shape index (κ3) is 5.13. The quantitative estimate of drug-likeness (QED) is 0.386. The van der Waals surface area contributed by atoms with Crippen LogP contribution in [0.25, 0.3) is 0 Å². The molecule has 0 saturated heterocycles. The second kappa shape index (κ2) is 10.2. The van der Waals surface area contributed by atoms with Gasteiger partial charge in [-0.05, 0) is 50.5 Å². The number of hydrogen-bond acceptors (Lipinski definition) is 8. The largest absolute Gasteiger partial charge is 0.485 e. The van der Waals surface area contributed by atoms with Gasteiger partial charge in [0.25, 0.3) is 0 Å². The average Bonchev–Trinajstić information content (AvgIpc) is 3.25. The molecule has 170 valence electrons. The maximum atomic E-state index is 12.5. The standard InChI is InChI=1S/C22H26N4O4S2/c1-12-8-7-9-16(13(12)2)30-10-17-24-25-22(26(17)5)31-11-18(27)23-20-19(21(28)29-6)14(3)15(4)32-20/h7-9H,10-11H2,1-6H3,(H,23,27). The molecule has 0 unspecified atom stereocenters. The van der Waals surface area contributed by atoms with E-state index in [0.29, 0.717) is 21.5 Å². The van der Waals surface area contributed by atoms with Crippen molar-refractivity contribution in [1.29, 1.82) is 0 Å². The highest BCUT2D eigenvalue weighted by Crippen LogP contribution is 2.33. The van der Waals surface area contributed by atoms with E-state index < -0.39 is 5.97 Å². The second-order valence-electron chi connectivity index (χ2n) is 7.26. The summed E-state index contributed by atoms with van der Waals surface area (Å²) in [7, 11) is 3.16. The summed E-state index contributed by atoms with van der Waals surface area (Å²) in [6.45, 7) is 8.07. The Labute approximate surface area is 195 Å². The topological polar surface area (TPSA) is 95.3 Å². The van der Waals surface area contributed by atoms with Gasteiger partial charge in [0.1, 0.15) is 17.4 Å². The van der Waals surface area contributed by atoms with Gasteiger partial charge >= 0.3 is 5.97 Å². The highest BCUT2D eigenvalue weighted by molar-refractivity contribution is 7.99. The van der Waals surface area contributed by atoms with Gasteiger partial charge in [0.15, 0.2) is 11.0 Å². The number of hydrogen-bond donors (Lipinski definition) is 1. The van der Waals surface area contributed by atoms with E-state index >= 15 is 0 Å². The number of aryl methyl sites for hydroxylation is 2. The van der Waals surface area contributed by atoms with Crippen LogP contribution < -0.4 is 10.1 Å². The van der Waals surface area contributed by atoms with E-state index in [1.54, 1.807) is 0 Å². The number of thioether (sulfide) groups is 1. The van der Waals surface area contributed by atoms with Crippen LogP contribution in [0.15, 0.2) is 23.4 Å². The Bertz CT molecular complexity index is 1150. The summed E-state index contributed by atoms with van der Waals surface area (Å²) in [5.41, 5.74) is 3.46. The Morgan fingerprint density at radius 1 is 1.16 bits per heavy atom. The number of esters is 1. The minimum Gasteiger partial charge on any atom is -0.485 e. The molecule has 0 bridgehead atoms. The van der Waals surface area contributed by atoms with E-state index in [1.807, 2.05) is 57.5 Å². The first-order chi connectivity index (χ1) is 15.2. The number of thiophene rings is 1. The summed E-state index contributed by atoms with van der Waals surface area (Å²) in [5.74, 6) is 0.894. The highest BCUT2D eigenvalue weighted by Gasteiger charge is 2.22. The van der Waals surface area contributed by atoms with Crippen LogP contribution in [0.2, 0.25) is 0 Å². The van der Waals surface area contributed by atoms with Crippen molar-refractivity contribution in [1.82, 2.24) is 14.8 Å². The first-order valence-corrected chi connectivity index (χ1v) is 11.7. The Kier molecular flexibility index (Phi) is 7.57. The molecule has 1 N–H and O–H groups in total. The zero-order valence-electron chi connectivity index (χ0n) is 18.9. The lowest BCUT2D eigenvalue weighted by atomic mass is 10.1. The number of methoxy groups -OCH3 is 1. The molecule has 3 aromatic rings. The van der Waals surface area contributed by atoms with Crippen LogP contribution in [0.4, 0.5) is 5.00 Å². The third-order valence-corrected chi connectivity index (χ3v) is 7.34. The lowest BCUT2D eigenvalue weighted by molar-refractivity contribution is -0.113. The van der Waals surface area contributed by atoms with E-state index in [-0.39, 0.29) is 18.3 Å². The molecule has 1 amide bonds. The number of aromatic nitrogens is 3. The molecule has 10 heteroatoms. The Morgan fingerprint density at radius 2 is 1.91 bits per heavy atom. The fourth-order valence-electron chi connectivity index (χ4n) is 2.97. The van der Waals surface area contributed by atoms with Gasteiger partial charge in [0.2, 0.25) is 5.91 Å². The van der Waals surface area contributed by atoms with Gasteiger partial charge in [-0.2, -0.15) is 0 Å². The molecule has 0 spiro atoms. The molecule has 2 aromatic heterocycles. The van der Waals surface area contributed by atoms with Gasteiger partial charge in [-0.25, -0.2) is 4.79 Å². The number of carbonyl (C=O) groups excluding carboxylic acids is 2. The number of ether oxygens (including phenoxy) is 2. The third-order valence-electron chi connectivity index (χ3n) is 5.20. The van der Waals surface area contributed by atoms with Crippen molar-refractivity contribution in [2.45, 2.75) is 39.5 Å². The maximum absolute atomic E-state index is 12.5. The zero-order chi connectivity index (χ0) is 23.4. The maximum Gasteiger partial charge on any atom is 0.341 e. The Morgan fingerprint density at radius 3 is 2.62 bits per heavy atom. The molecule has 0 radical (unpaired) electrons. The van der Waals surface area contributed by atoms with Crippen LogP contribution in [0.5, 0.6) is 5.75 Å². The summed E-state index contributed by atoms with van der Waals surface area (Å²) < 4.78 is 12.6. The van der Waals surface area contributed by atoms with Gasteiger partial charge in [0.05, 0.1) is 18.4 Å². The summed E-state index contributed by atoms with van der Waals surface area (Å²) >= 11 is 2.62. The molecule has 0 fully saturated rings. The van der Waals surface area contributed by atoms with Crippen molar-refractivity contribution in [2.75, 3.05) is 18.2 Å². The van der Waals surface area contributed by atoms with Crippen LogP contribution in [-0.2, 0) is 23.2 Å². The summed E-state index contributed by atoms with van der Waals surface area (Å²) in [6, 6.07) is 5.92. The van der Waals surface area contributed by atoms with E-state index in [4.69, 9.17) is 9.47 Å². The number of benzene rings is 1. The molecule has 0 aliphatic rings. The fourth-order valence-corrected chi connectivity index (χ4v) is 4.77. The molecular formula is C22H26N4O4S2. The normalized spacial score (nSPS) is 10.8. The zero-order valence-corrected chi connectivity index (χ0v) is 20.6. The van der Waals surface area contributed by atoms with Crippen LogP contribution in [-0.4, -0.2) is 39.5 Å². The number of nitrogens with zero attached hydrogens (tertiary/aromatic N) is 3. The SMILES string of the molecule is COC(=O)c1c(NC(=O)CSc2nnc(COc3cccc(C)c3C)n2C)sc(C)c1C. The summed E-state index contributed by atoms with van der Waals surface area (Å²) in [6.07, 6.45) is 0. The molecule has 1 aromatic carbocycles. The average molecular weight is 475 g/mol. The van der Waals surface area contributed by atoms with Crippen LogP contribution >= 0.6 is 23.1 Å². The lowest BCUT2D eigenvalue weighted by Gasteiger charge is -2.10. The molecule has 0 saturated carbocycles. The Balaban J connectivity index is 1.61. The van der Waals surface area contributed by atoms with Gasteiger partial charge < -0.3 is 19.4 Å². The molecule has 2 heterocycles. The molecule has 3 rings (SSSR count). The van der Waals surface area contributed by atoms with E-state index in [2.05, 4.69) is 15.5 Å². The summed E-state index contributed by atoms with van der Waals surface area (Å²) in [5, 5.41) is 12.3. The number of nitrogens with one attached hydrogen (secondary N) is 1. The monoisotopic (exact) mass is 474 g/mol. The molecule has 32 heavy (non-hydrogen) atoms. The van der Waals surface area contributed by atoms with Crippen LogP contribution in [0, 0.1) is 27.7 Å². The van der Waals surface area contributed by atoms with Crippen molar-refractivity contribution in [2.24, 2.45) is 7.05 Å². The number of amides is 1. The molecular weight excluding hydrogens is 448 g/mol. The molecule has 0 aliphatic carbocycles. The molecule has 8 nitrogen and oxygen atoms in total. The minimum absolute atomic E-state index is 0.125. The highest BCUT2D eigenvalue weighted by atomic mass is 32.2. The van der Waals surface area contributed by atoms with Gasteiger partial charge in [-0.15, -0.1) is 21.5 Å². The fraction of sp³-hybridized carbons (Fsp3) is 0.364. The first kappa shape index (κ1) is 23.8.